The first-order valence-electron chi connectivity index (χ1n) is 10.8. The number of aliphatic carboxylic acids is 1. The van der Waals surface area contributed by atoms with Crippen molar-refractivity contribution in [3.05, 3.63) is 12.2 Å². The number of carboxylic acid groups (broad SMARTS) is 1. The van der Waals surface area contributed by atoms with E-state index in [1.807, 2.05) is 0 Å². The second-order valence-electron chi connectivity index (χ2n) is 7.51. The van der Waals surface area contributed by atoms with Crippen LogP contribution in [0.15, 0.2) is 12.2 Å². The van der Waals surface area contributed by atoms with Gasteiger partial charge in [-0.05, 0) is 32.1 Å². The van der Waals surface area contributed by atoms with Crippen LogP contribution in [0.5, 0.6) is 0 Å². The third-order valence-electron chi connectivity index (χ3n) is 5.08. The summed E-state index contributed by atoms with van der Waals surface area (Å²) in [4.78, 5) is 10.6. The van der Waals surface area contributed by atoms with Gasteiger partial charge in [-0.1, -0.05) is 89.7 Å². The van der Waals surface area contributed by atoms with Crippen LogP contribution < -0.4 is 0 Å². The van der Waals surface area contributed by atoms with Gasteiger partial charge in [0.1, 0.15) is 0 Å². The fraction of sp³-hybridized carbons (Fsp3) is 0.864. The minimum Gasteiger partial charge on any atom is -1.00 e. The van der Waals surface area contributed by atoms with Crippen molar-refractivity contribution < 1.29 is 17.5 Å². The van der Waals surface area contributed by atoms with Crippen LogP contribution in [0.1, 0.15) is 113 Å². The van der Waals surface area contributed by atoms with Gasteiger partial charge in [-0.25, -0.2) is 4.79 Å². The zero-order valence-corrected chi connectivity index (χ0v) is 19.3. The molecule has 0 bridgehead atoms. The quantitative estimate of drug-likeness (QED) is 0.125. The van der Waals surface area contributed by atoms with Gasteiger partial charge >= 0.3 is 43.7 Å². The zero-order valence-electron chi connectivity index (χ0n) is 19.1. The maximum Gasteiger partial charge on any atom is 2.00 e. The molecule has 0 aromatic carbocycles. The standard InChI is InChI=1S/C22H40O3.Ca.2H/c1-2-3-4-5-6-7-8-9-10-11-12-13-14-15-16-17-18-19-20-21(25-20)22(23)24;;;/h9-10,20-21H,2-8,11-19H2,1H3,(H,23,24);;;/q;+2;2*-1/b10-9-;;;. The summed E-state index contributed by atoms with van der Waals surface area (Å²) in [5.74, 6) is -0.800. The van der Waals surface area contributed by atoms with Crippen molar-refractivity contribution in [2.45, 2.75) is 122 Å². The first-order chi connectivity index (χ1) is 12.3. The van der Waals surface area contributed by atoms with Gasteiger partial charge in [0.05, 0.1) is 6.10 Å². The Kier molecular flexibility index (Phi) is 19.1. The third kappa shape index (κ3) is 15.5. The number of ether oxygens (including phenoxy) is 1. The minimum atomic E-state index is -0.800. The summed E-state index contributed by atoms with van der Waals surface area (Å²) in [5, 5.41) is 8.74. The molecule has 1 N–H and O–H groups in total. The fourth-order valence-electron chi connectivity index (χ4n) is 3.35. The Bertz CT molecular complexity index is 368. The Morgan fingerprint density at radius 3 is 1.77 bits per heavy atom. The second kappa shape index (κ2) is 18.8. The summed E-state index contributed by atoms with van der Waals surface area (Å²) in [5.41, 5.74) is 0. The largest absolute Gasteiger partial charge is 2.00 e. The molecule has 0 spiro atoms. The summed E-state index contributed by atoms with van der Waals surface area (Å²) in [6.07, 6.45) is 24.9. The van der Waals surface area contributed by atoms with Gasteiger partial charge in [0.2, 0.25) is 0 Å². The van der Waals surface area contributed by atoms with E-state index < -0.39 is 12.1 Å². The predicted octanol–water partition coefficient (Wildman–Crippen LogP) is 6.50. The van der Waals surface area contributed by atoms with Crippen molar-refractivity contribution >= 4 is 43.7 Å². The zero-order chi connectivity index (χ0) is 18.2. The molecule has 3 nitrogen and oxygen atoms in total. The van der Waals surface area contributed by atoms with Crippen LogP contribution in [0, 0.1) is 0 Å². The van der Waals surface area contributed by atoms with Gasteiger partial charge in [-0.15, -0.1) is 0 Å². The number of hydrogen-bond donors (Lipinski definition) is 1. The Morgan fingerprint density at radius 2 is 1.31 bits per heavy atom. The summed E-state index contributed by atoms with van der Waals surface area (Å²) in [6.45, 7) is 2.27. The van der Waals surface area contributed by atoms with Crippen LogP contribution in [-0.4, -0.2) is 61.0 Å². The van der Waals surface area contributed by atoms with Crippen molar-refractivity contribution in [3.63, 3.8) is 0 Å². The molecule has 0 amide bonds. The number of hydrogen-bond acceptors (Lipinski definition) is 2. The Balaban J connectivity index is -0.00000208. The van der Waals surface area contributed by atoms with Gasteiger partial charge in [0.15, 0.2) is 6.10 Å². The minimum absolute atomic E-state index is 0. The first kappa shape index (κ1) is 26.4. The number of allylic oxidation sites excluding steroid dienone is 2. The SMILES string of the molecule is CCCCCCCC/C=C\CCCCCCCCCC1OC1C(=O)O.[Ca+2].[H-].[H-]. The van der Waals surface area contributed by atoms with Crippen molar-refractivity contribution in [2.24, 2.45) is 0 Å². The average Bonchev–Trinajstić information content (AvgIpc) is 3.37. The van der Waals surface area contributed by atoms with Gasteiger partial charge in [-0.2, -0.15) is 0 Å². The molecule has 2 unspecified atom stereocenters. The topological polar surface area (TPSA) is 49.8 Å². The van der Waals surface area contributed by atoms with Gasteiger partial charge in [-0.3, -0.25) is 0 Å². The van der Waals surface area contributed by atoms with Gasteiger partial charge < -0.3 is 12.7 Å². The normalized spacial score (nSPS) is 18.8. The number of carboxylic acids is 1. The number of rotatable bonds is 18. The Labute approximate surface area is 194 Å². The molecule has 1 aliphatic rings. The number of carbonyl (C=O) groups is 1. The molecule has 1 heterocycles. The first-order valence-corrected chi connectivity index (χ1v) is 10.8. The molecule has 4 heteroatoms. The smallest absolute Gasteiger partial charge is 1.00 e. The molecule has 1 fully saturated rings. The molecule has 0 aromatic heterocycles. The van der Waals surface area contributed by atoms with E-state index >= 15 is 0 Å². The van der Waals surface area contributed by atoms with Gasteiger partial charge in [0.25, 0.3) is 0 Å². The van der Waals surface area contributed by atoms with E-state index in [0.717, 1.165) is 12.8 Å². The predicted molar refractivity (Wildman–Crippen MR) is 113 cm³/mol. The summed E-state index contributed by atoms with van der Waals surface area (Å²) < 4.78 is 5.10. The van der Waals surface area contributed by atoms with Crippen molar-refractivity contribution in [3.8, 4) is 0 Å². The molecule has 1 saturated heterocycles. The van der Waals surface area contributed by atoms with Crippen LogP contribution in [-0.2, 0) is 9.53 Å². The maximum atomic E-state index is 10.6. The second-order valence-corrected chi connectivity index (χ2v) is 7.51. The number of unbranched alkanes of at least 4 members (excludes halogenated alkanes) is 13. The van der Waals surface area contributed by atoms with Crippen LogP contribution in [0.25, 0.3) is 0 Å². The van der Waals surface area contributed by atoms with Crippen LogP contribution >= 0.6 is 0 Å². The molecule has 1 aliphatic heterocycles. The number of epoxide rings is 1. The van der Waals surface area contributed by atoms with Crippen LogP contribution in [0.2, 0.25) is 0 Å². The summed E-state index contributed by atoms with van der Waals surface area (Å²) in [6, 6.07) is 0. The Hall–Kier alpha value is 0.430. The molecule has 26 heavy (non-hydrogen) atoms. The molecule has 0 saturated carbocycles. The Morgan fingerprint density at radius 1 is 0.846 bits per heavy atom. The monoisotopic (exact) mass is 394 g/mol. The summed E-state index contributed by atoms with van der Waals surface area (Å²) >= 11 is 0. The van der Waals surface area contributed by atoms with Crippen molar-refractivity contribution in [1.82, 2.24) is 0 Å². The van der Waals surface area contributed by atoms with E-state index in [1.54, 1.807) is 0 Å². The van der Waals surface area contributed by atoms with Crippen molar-refractivity contribution in [2.75, 3.05) is 0 Å². The molecule has 1 rings (SSSR count). The molecule has 0 radical (unpaired) electrons. The molecule has 2 atom stereocenters. The van der Waals surface area contributed by atoms with Gasteiger partial charge in [0, 0.05) is 0 Å². The average molecular weight is 395 g/mol. The molecule has 0 aliphatic carbocycles. The van der Waals surface area contributed by atoms with Crippen molar-refractivity contribution in [1.29, 1.82) is 0 Å². The van der Waals surface area contributed by atoms with E-state index in [4.69, 9.17) is 9.84 Å². The van der Waals surface area contributed by atoms with E-state index in [-0.39, 0.29) is 46.7 Å². The molecule has 150 valence electrons. The van der Waals surface area contributed by atoms with Crippen LogP contribution in [0.4, 0.5) is 0 Å². The molecule has 0 aromatic rings. The van der Waals surface area contributed by atoms with Crippen LogP contribution in [0.3, 0.4) is 0 Å². The van der Waals surface area contributed by atoms with E-state index in [2.05, 4.69) is 19.1 Å². The maximum absolute atomic E-state index is 10.6. The molecular formula is C22H42CaO3. The van der Waals surface area contributed by atoms with E-state index in [1.165, 1.54) is 89.9 Å². The fourth-order valence-corrected chi connectivity index (χ4v) is 3.35. The van der Waals surface area contributed by atoms with E-state index in [9.17, 15) is 4.79 Å². The third-order valence-corrected chi connectivity index (χ3v) is 5.08. The van der Waals surface area contributed by atoms with E-state index in [0.29, 0.717) is 0 Å². The molecular weight excluding hydrogens is 352 g/mol. The summed E-state index contributed by atoms with van der Waals surface area (Å²) in [7, 11) is 0.